The molecule has 0 spiro atoms. The molecule has 1 atom stereocenters. The number of hydrogen-bond acceptors (Lipinski definition) is 4. The summed E-state index contributed by atoms with van der Waals surface area (Å²) in [4.78, 5) is 9.71. The Morgan fingerprint density at radius 1 is 1.16 bits per heavy atom. The van der Waals surface area contributed by atoms with Crippen molar-refractivity contribution in [1.29, 1.82) is 0 Å². The number of hydrogen-bond donors (Lipinski definition) is 0. The summed E-state index contributed by atoms with van der Waals surface area (Å²) in [6.45, 7) is 11.3. The van der Waals surface area contributed by atoms with E-state index >= 15 is 0 Å². The highest BCUT2D eigenvalue weighted by atomic mass is 16.5. The lowest BCUT2D eigenvalue weighted by atomic mass is 10.1. The molecule has 2 aliphatic heterocycles. The molecule has 2 aromatic rings. The van der Waals surface area contributed by atoms with Crippen molar-refractivity contribution in [2.24, 2.45) is 5.92 Å². The van der Waals surface area contributed by atoms with Gasteiger partial charge in [-0.2, -0.15) is 0 Å². The first-order valence-corrected chi connectivity index (χ1v) is 9.34. The normalized spacial score (nSPS) is 22.5. The molecule has 0 unspecified atom stereocenters. The molecule has 2 aliphatic rings. The van der Waals surface area contributed by atoms with Crippen LogP contribution >= 0.6 is 0 Å². The predicted molar refractivity (Wildman–Crippen MR) is 98.3 cm³/mol. The smallest absolute Gasteiger partial charge is 0.122 e. The topological polar surface area (TPSA) is 33.5 Å². The summed E-state index contributed by atoms with van der Waals surface area (Å²) in [6.07, 6.45) is 4.08. The average molecular weight is 340 g/mol. The van der Waals surface area contributed by atoms with E-state index in [2.05, 4.69) is 56.7 Å². The number of morpholine rings is 1. The molecular weight excluding hydrogens is 312 g/mol. The van der Waals surface area contributed by atoms with E-state index in [0.29, 0.717) is 5.92 Å². The second-order valence-corrected chi connectivity index (χ2v) is 7.43. The zero-order chi connectivity index (χ0) is 17.1. The molecule has 25 heavy (non-hydrogen) atoms. The third kappa shape index (κ3) is 4.29. The maximum absolute atomic E-state index is 5.50. The van der Waals surface area contributed by atoms with Gasteiger partial charge in [0.1, 0.15) is 5.82 Å². The van der Waals surface area contributed by atoms with Crippen LogP contribution in [0, 0.1) is 12.8 Å². The van der Waals surface area contributed by atoms with Gasteiger partial charge in [0.2, 0.25) is 0 Å². The Hall–Kier alpha value is -1.69. The van der Waals surface area contributed by atoms with E-state index in [1.807, 2.05) is 6.20 Å². The Balaban J connectivity index is 1.48. The first-order chi connectivity index (χ1) is 12.3. The minimum absolute atomic E-state index is 0.623. The van der Waals surface area contributed by atoms with E-state index in [4.69, 9.17) is 4.74 Å². The summed E-state index contributed by atoms with van der Waals surface area (Å²) in [5.74, 6) is 1.82. The lowest BCUT2D eigenvalue weighted by molar-refractivity contribution is 0.0265. The molecule has 1 saturated heterocycles. The zero-order valence-electron chi connectivity index (χ0n) is 15.1. The van der Waals surface area contributed by atoms with Gasteiger partial charge in [0.15, 0.2) is 0 Å². The van der Waals surface area contributed by atoms with Crippen molar-refractivity contribution >= 4 is 0 Å². The number of imidazole rings is 1. The van der Waals surface area contributed by atoms with Crippen molar-refractivity contribution in [3.63, 3.8) is 0 Å². The van der Waals surface area contributed by atoms with Crippen molar-refractivity contribution < 1.29 is 4.74 Å². The summed E-state index contributed by atoms with van der Waals surface area (Å²) < 4.78 is 7.85. The highest BCUT2D eigenvalue weighted by Crippen LogP contribution is 2.19. The number of aromatic nitrogens is 2. The minimum atomic E-state index is 0.623. The molecule has 3 heterocycles. The molecule has 1 aromatic carbocycles. The summed E-state index contributed by atoms with van der Waals surface area (Å²) in [5, 5.41) is 0. The Labute approximate surface area is 150 Å². The Bertz CT molecular complexity index is 693. The van der Waals surface area contributed by atoms with Crippen molar-refractivity contribution in [1.82, 2.24) is 19.4 Å². The number of rotatable bonds is 4. The van der Waals surface area contributed by atoms with Crippen LogP contribution in [0.3, 0.4) is 0 Å². The highest BCUT2D eigenvalue weighted by Gasteiger charge is 2.25. The van der Waals surface area contributed by atoms with E-state index < -0.39 is 0 Å². The van der Waals surface area contributed by atoms with Gasteiger partial charge >= 0.3 is 0 Å². The summed E-state index contributed by atoms with van der Waals surface area (Å²) >= 11 is 0. The van der Waals surface area contributed by atoms with Gasteiger partial charge in [0.05, 0.1) is 19.8 Å². The number of ether oxygens (including phenoxy) is 1. The molecule has 0 radical (unpaired) electrons. The lowest BCUT2D eigenvalue weighted by Crippen LogP contribution is -2.42. The van der Waals surface area contributed by atoms with Crippen LogP contribution in [0.2, 0.25) is 0 Å². The zero-order valence-corrected chi connectivity index (χ0v) is 15.1. The highest BCUT2D eigenvalue weighted by molar-refractivity contribution is 5.22. The van der Waals surface area contributed by atoms with Crippen LogP contribution in [0.4, 0.5) is 0 Å². The molecule has 4 rings (SSSR count). The van der Waals surface area contributed by atoms with Gasteiger partial charge < -0.3 is 9.30 Å². The first-order valence-electron chi connectivity index (χ1n) is 9.34. The van der Waals surface area contributed by atoms with Gasteiger partial charge in [-0.15, -0.1) is 0 Å². The standard InChI is InChI=1S/C20H28N4O/c1-17-3-2-4-18(11-17)12-23-14-19(13-22-7-9-25-10-8-22)15-24-6-5-21-20(24)16-23/h2-6,11,19H,7-10,12-16H2,1H3/t19-/m0/s1. The number of fused-ring (bicyclic) bond motifs is 1. The molecule has 0 N–H and O–H groups in total. The van der Waals surface area contributed by atoms with Crippen LogP contribution < -0.4 is 0 Å². The molecule has 0 aliphatic carbocycles. The monoisotopic (exact) mass is 340 g/mol. The van der Waals surface area contributed by atoms with Crippen LogP contribution in [-0.4, -0.2) is 58.7 Å². The van der Waals surface area contributed by atoms with Crippen molar-refractivity contribution in [3.8, 4) is 0 Å². The van der Waals surface area contributed by atoms with E-state index in [-0.39, 0.29) is 0 Å². The van der Waals surface area contributed by atoms with Crippen molar-refractivity contribution in [2.45, 2.75) is 26.6 Å². The molecular formula is C20H28N4O. The first kappa shape index (κ1) is 16.8. The SMILES string of the molecule is Cc1cccc(CN2Cc3nccn3C[C@@H](CN3CCOCC3)C2)c1. The second-order valence-electron chi connectivity index (χ2n) is 7.43. The van der Waals surface area contributed by atoms with Crippen LogP contribution in [0.1, 0.15) is 17.0 Å². The maximum atomic E-state index is 5.50. The molecule has 0 bridgehead atoms. The molecule has 1 aromatic heterocycles. The van der Waals surface area contributed by atoms with Crippen LogP contribution in [0.25, 0.3) is 0 Å². The largest absolute Gasteiger partial charge is 0.379 e. The van der Waals surface area contributed by atoms with Crippen molar-refractivity contribution in [2.75, 3.05) is 39.4 Å². The molecule has 134 valence electrons. The fourth-order valence-corrected chi connectivity index (χ4v) is 4.08. The minimum Gasteiger partial charge on any atom is -0.379 e. The fraction of sp³-hybridized carbons (Fsp3) is 0.550. The summed E-state index contributed by atoms with van der Waals surface area (Å²) in [5.41, 5.74) is 2.73. The number of benzene rings is 1. The van der Waals surface area contributed by atoms with Gasteiger partial charge in [0, 0.05) is 57.6 Å². The quantitative estimate of drug-likeness (QED) is 0.854. The molecule has 0 saturated carbocycles. The molecule has 1 fully saturated rings. The second kappa shape index (κ2) is 7.68. The van der Waals surface area contributed by atoms with Gasteiger partial charge in [-0.1, -0.05) is 29.8 Å². The molecule has 5 heteroatoms. The van der Waals surface area contributed by atoms with Crippen LogP contribution in [0.5, 0.6) is 0 Å². The third-order valence-corrected chi connectivity index (χ3v) is 5.25. The maximum Gasteiger partial charge on any atom is 0.122 e. The summed E-state index contributed by atoms with van der Waals surface area (Å²) in [7, 11) is 0. The van der Waals surface area contributed by atoms with Gasteiger partial charge in [-0.05, 0) is 12.5 Å². The van der Waals surface area contributed by atoms with Crippen molar-refractivity contribution in [3.05, 3.63) is 53.6 Å². The lowest BCUT2D eigenvalue weighted by Gasteiger charge is -2.31. The van der Waals surface area contributed by atoms with Gasteiger partial charge in [-0.25, -0.2) is 4.98 Å². The third-order valence-electron chi connectivity index (χ3n) is 5.25. The van der Waals surface area contributed by atoms with E-state index in [1.165, 1.54) is 17.0 Å². The Morgan fingerprint density at radius 3 is 2.88 bits per heavy atom. The Morgan fingerprint density at radius 2 is 2.04 bits per heavy atom. The van der Waals surface area contributed by atoms with E-state index in [1.54, 1.807) is 0 Å². The molecule has 0 amide bonds. The molecule has 5 nitrogen and oxygen atoms in total. The van der Waals surface area contributed by atoms with E-state index in [0.717, 1.165) is 59.0 Å². The fourth-order valence-electron chi connectivity index (χ4n) is 4.08. The summed E-state index contributed by atoms with van der Waals surface area (Å²) in [6, 6.07) is 8.87. The van der Waals surface area contributed by atoms with Crippen LogP contribution in [0.15, 0.2) is 36.7 Å². The van der Waals surface area contributed by atoms with E-state index in [9.17, 15) is 0 Å². The number of nitrogens with zero attached hydrogens (tertiary/aromatic N) is 4. The predicted octanol–water partition coefficient (Wildman–Crippen LogP) is 2.16. The Kier molecular flexibility index (Phi) is 5.15. The number of aryl methyl sites for hydroxylation is 1. The van der Waals surface area contributed by atoms with Gasteiger partial charge in [-0.3, -0.25) is 9.80 Å². The average Bonchev–Trinajstić information content (AvgIpc) is 2.96. The van der Waals surface area contributed by atoms with Crippen LogP contribution in [-0.2, 0) is 24.4 Å². The van der Waals surface area contributed by atoms with Gasteiger partial charge in [0.25, 0.3) is 0 Å².